The zero-order valence-electron chi connectivity index (χ0n) is 14.3. The van der Waals surface area contributed by atoms with E-state index in [2.05, 4.69) is 4.57 Å². The van der Waals surface area contributed by atoms with E-state index in [0.29, 0.717) is 11.6 Å². The highest BCUT2D eigenvalue weighted by atomic mass is 35.5. The molecule has 6 heteroatoms. The molecule has 0 saturated heterocycles. The zero-order valence-corrected chi connectivity index (χ0v) is 15.0. The Morgan fingerprint density at radius 3 is 2.44 bits per heavy atom. The third-order valence-electron chi connectivity index (χ3n) is 4.11. The van der Waals surface area contributed by atoms with E-state index in [1.807, 2.05) is 54.7 Å². The van der Waals surface area contributed by atoms with Gasteiger partial charge in [-0.25, -0.2) is 4.79 Å². The van der Waals surface area contributed by atoms with Crippen molar-refractivity contribution in [3.63, 3.8) is 0 Å². The van der Waals surface area contributed by atoms with Crippen LogP contribution in [0.25, 0.3) is 17.0 Å². The molecule has 1 heterocycles. The van der Waals surface area contributed by atoms with Gasteiger partial charge in [-0.05, 0) is 35.9 Å². The molecule has 1 aromatic heterocycles. The summed E-state index contributed by atoms with van der Waals surface area (Å²) in [6, 6.07) is 15.3. The number of para-hydroxylation sites is 1. The molecule has 0 saturated carbocycles. The Bertz CT molecular complexity index is 1050. The van der Waals surface area contributed by atoms with Crippen molar-refractivity contribution >= 4 is 46.1 Å². The Morgan fingerprint density at radius 1 is 1.04 bits per heavy atom. The molecular formula is C21H16ClNO4. The van der Waals surface area contributed by atoms with Crippen molar-refractivity contribution in [1.29, 1.82) is 0 Å². The number of hydrogen-bond acceptors (Lipinski definition) is 3. The number of carboxylic acid groups (broad SMARTS) is 1. The van der Waals surface area contributed by atoms with Gasteiger partial charge in [0.1, 0.15) is 0 Å². The van der Waals surface area contributed by atoms with Gasteiger partial charge in [-0.3, -0.25) is 9.59 Å². The molecular weight excluding hydrogens is 366 g/mol. The van der Waals surface area contributed by atoms with Gasteiger partial charge in [0.2, 0.25) is 5.78 Å². The van der Waals surface area contributed by atoms with Crippen molar-refractivity contribution in [3.8, 4) is 0 Å². The van der Waals surface area contributed by atoms with Gasteiger partial charge >= 0.3 is 5.97 Å². The summed E-state index contributed by atoms with van der Waals surface area (Å²) in [4.78, 5) is 33.5. The number of carbonyl (C=O) groups excluding carboxylic acids is 2. The fraction of sp³-hybridized carbons (Fsp3) is 0.0952. The number of halogens is 1. The van der Waals surface area contributed by atoms with Crippen molar-refractivity contribution < 1.29 is 19.5 Å². The Morgan fingerprint density at radius 2 is 1.74 bits per heavy atom. The fourth-order valence-corrected chi connectivity index (χ4v) is 2.93. The first-order valence-corrected chi connectivity index (χ1v) is 8.61. The number of nitrogens with zero attached hydrogens (tertiary/aromatic N) is 1. The van der Waals surface area contributed by atoms with Crippen LogP contribution >= 0.6 is 11.6 Å². The third kappa shape index (κ3) is 4.51. The van der Waals surface area contributed by atoms with Crippen molar-refractivity contribution in [3.05, 3.63) is 77.0 Å². The molecule has 1 N–H and O–H groups in total. The number of allylic oxidation sites excluding steroid dienone is 1. The second-order valence-electron chi connectivity index (χ2n) is 6.06. The molecule has 0 spiro atoms. The van der Waals surface area contributed by atoms with Gasteiger partial charge in [-0.2, -0.15) is 0 Å². The van der Waals surface area contributed by atoms with Gasteiger partial charge in [-0.1, -0.05) is 41.9 Å². The number of ketones is 2. The minimum Gasteiger partial charge on any atom is -0.475 e. The van der Waals surface area contributed by atoms with E-state index in [1.54, 1.807) is 6.08 Å². The topological polar surface area (TPSA) is 76.4 Å². The molecule has 27 heavy (non-hydrogen) atoms. The number of hydrogen-bond donors (Lipinski definition) is 1. The number of benzene rings is 2. The first-order valence-electron chi connectivity index (χ1n) is 8.23. The summed E-state index contributed by atoms with van der Waals surface area (Å²) in [7, 11) is 0. The summed E-state index contributed by atoms with van der Waals surface area (Å²) in [5, 5.41) is 10.2. The standard InChI is InChI=1S/C21H16ClNO4/c22-16-8-5-14(6-9-16)12-23-13-15(18-3-1-2-4-19(18)23)7-10-17(24)11-20(25)21(26)27/h1-10,13H,11-12H2,(H,26,27)/b10-7+. The molecule has 0 unspecified atom stereocenters. The van der Waals surface area contributed by atoms with E-state index in [1.165, 1.54) is 6.08 Å². The summed E-state index contributed by atoms with van der Waals surface area (Å²) in [5.41, 5.74) is 2.90. The van der Waals surface area contributed by atoms with Crippen LogP contribution < -0.4 is 0 Å². The van der Waals surface area contributed by atoms with Gasteiger partial charge in [0.25, 0.3) is 0 Å². The van der Waals surface area contributed by atoms with E-state index in [4.69, 9.17) is 16.7 Å². The van der Waals surface area contributed by atoms with Gasteiger partial charge in [0, 0.05) is 34.2 Å². The van der Waals surface area contributed by atoms with Gasteiger partial charge in [0.15, 0.2) is 5.78 Å². The second kappa shape index (κ2) is 8.01. The van der Waals surface area contributed by atoms with Crippen molar-refractivity contribution in [2.75, 3.05) is 0 Å². The van der Waals surface area contributed by atoms with Crippen LogP contribution in [0.1, 0.15) is 17.5 Å². The summed E-state index contributed by atoms with van der Waals surface area (Å²) >= 11 is 5.93. The lowest BCUT2D eigenvalue weighted by atomic mass is 10.1. The van der Waals surface area contributed by atoms with Crippen LogP contribution in [0.2, 0.25) is 5.02 Å². The van der Waals surface area contributed by atoms with E-state index < -0.39 is 24.0 Å². The molecule has 3 aromatic rings. The molecule has 0 radical (unpaired) electrons. The largest absolute Gasteiger partial charge is 0.475 e. The average molecular weight is 382 g/mol. The Balaban J connectivity index is 1.87. The molecule has 0 bridgehead atoms. The molecule has 2 aromatic carbocycles. The van der Waals surface area contributed by atoms with Gasteiger partial charge in [0.05, 0.1) is 6.42 Å². The number of aromatic nitrogens is 1. The lowest BCUT2D eigenvalue weighted by Crippen LogP contribution is -2.15. The van der Waals surface area contributed by atoms with Gasteiger partial charge in [-0.15, -0.1) is 0 Å². The van der Waals surface area contributed by atoms with Gasteiger partial charge < -0.3 is 9.67 Å². The first kappa shape index (κ1) is 18.6. The predicted molar refractivity (Wildman–Crippen MR) is 104 cm³/mol. The number of carboxylic acids is 1. The van der Waals surface area contributed by atoms with Crippen LogP contribution in [0.15, 0.2) is 60.8 Å². The SMILES string of the molecule is O=C(/C=C/c1cn(Cc2ccc(Cl)cc2)c2ccccc12)CC(=O)C(=O)O. The fourth-order valence-electron chi connectivity index (χ4n) is 2.80. The van der Waals surface area contributed by atoms with E-state index in [9.17, 15) is 14.4 Å². The van der Waals surface area contributed by atoms with Crippen LogP contribution in [0, 0.1) is 0 Å². The number of Topliss-reactive ketones (excluding diaryl/α,β-unsaturated/α-hetero) is 1. The monoisotopic (exact) mass is 381 g/mol. The van der Waals surface area contributed by atoms with Crippen LogP contribution in [0.3, 0.4) is 0 Å². The van der Waals surface area contributed by atoms with Crippen LogP contribution in [0.4, 0.5) is 0 Å². The Kier molecular flexibility index (Phi) is 5.52. The summed E-state index contributed by atoms with van der Waals surface area (Å²) < 4.78 is 2.06. The Labute approximate surface area is 160 Å². The molecule has 136 valence electrons. The number of aliphatic carboxylic acids is 1. The minimum atomic E-state index is -1.60. The van der Waals surface area contributed by atoms with E-state index in [0.717, 1.165) is 22.0 Å². The molecule has 0 fully saturated rings. The molecule has 0 atom stereocenters. The molecule has 0 aliphatic heterocycles. The van der Waals surface area contributed by atoms with Crippen LogP contribution in [-0.2, 0) is 20.9 Å². The highest BCUT2D eigenvalue weighted by Gasteiger charge is 2.14. The maximum atomic E-state index is 11.8. The van der Waals surface area contributed by atoms with Crippen molar-refractivity contribution in [2.45, 2.75) is 13.0 Å². The molecule has 0 amide bonds. The number of rotatable bonds is 7. The van der Waals surface area contributed by atoms with Crippen LogP contribution in [0.5, 0.6) is 0 Å². The smallest absolute Gasteiger partial charge is 0.372 e. The lowest BCUT2D eigenvalue weighted by Gasteiger charge is -2.05. The zero-order chi connectivity index (χ0) is 19.4. The first-order chi connectivity index (χ1) is 12.9. The lowest BCUT2D eigenvalue weighted by molar-refractivity contribution is -0.149. The van der Waals surface area contributed by atoms with E-state index >= 15 is 0 Å². The second-order valence-corrected chi connectivity index (χ2v) is 6.50. The highest BCUT2D eigenvalue weighted by molar-refractivity contribution is 6.37. The normalized spacial score (nSPS) is 11.1. The summed E-state index contributed by atoms with van der Waals surface area (Å²) in [6.45, 7) is 0.636. The maximum Gasteiger partial charge on any atom is 0.372 e. The molecule has 3 rings (SSSR count). The number of carbonyl (C=O) groups is 3. The molecule has 0 aliphatic rings. The predicted octanol–water partition coefficient (Wildman–Crippen LogP) is 3.97. The van der Waals surface area contributed by atoms with E-state index in [-0.39, 0.29) is 0 Å². The molecule has 5 nitrogen and oxygen atoms in total. The maximum absolute atomic E-state index is 11.8. The summed E-state index contributed by atoms with van der Waals surface area (Å²) in [5.74, 6) is -3.26. The third-order valence-corrected chi connectivity index (χ3v) is 4.36. The Hall–Kier alpha value is -3.18. The number of fused-ring (bicyclic) bond motifs is 1. The van der Waals surface area contributed by atoms with Crippen molar-refractivity contribution in [2.24, 2.45) is 0 Å². The average Bonchev–Trinajstić information content (AvgIpc) is 2.99. The highest BCUT2D eigenvalue weighted by Crippen LogP contribution is 2.24. The quantitative estimate of drug-likeness (QED) is 0.381. The molecule has 0 aliphatic carbocycles. The van der Waals surface area contributed by atoms with Crippen LogP contribution in [-0.4, -0.2) is 27.2 Å². The minimum absolute atomic E-state index is 0.545. The summed E-state index contributed by atoms with van der Waals surface area (Å²) in [6.07, 6.45) is 4.13. The van der Waals surface area contributed by atoms with Crippen molar-refractivity contribution in [1.82, 2.24) is 4.57 Å².